The molecule has 0 aliphatic carbocycles. The SMILES string of the molecule is Cc1cc(C(=O)N(C)c2ccccc2CN)ccn1. The van der Waals surface area contributed by atoms with Gasteiger partial charge in [-0.25, -0.2) is 0 Å². The number of nitrogens with zero attached hydrogens (tertiary/aromatic N) is 2. The van der Waals surface area contributed by atoms with Crippen LogP contribution in [0, 0.1) is 6.92 Å². The molecule has 0 radical (unpaired) electrons. The Bertz CT molecular complexity index is 595. The third-order valence-electron chi connectivity index (χ3n) is 3.02. The van der Waals surface area contributed by atoms with Crippen LogP contribution in [0.5, 0.6) is 0 Å². The molecule has 4 nitrogen and oxygen atoms in total. The average molecular weight is 255 g/mol. The zero-order chi connectivity index (χ0) is 13.8. The summed E-state index contributed by atoms with van der Waals surface area (Å²) in [5.41, 5.74) is 8.94. The van der Waals surface area contributed by atoms with E-state index in [0.717, 1.165) is 16.9 Å². The van der Waals surface area contributed by atoms with Gasteiger partial charge in [0.15, 0.2) is 0 Å². The van der Waals surface area contributed by atoms with Gasteiger partial charge >= 0.3 is 0 Å². The number of aryl methyl sites for hydroxylation is 1. The summed E-state index contributed by atoms with van der Waals surface area (Å²) in [6.07, 6.45) is 1.64. The summed E-state index contributed by atoms with van der Waals surface area (Å²) in [6, 6.07) is 11.1. The first-order valence-electron chi connectivity index (χ1n) is 6.12. The van der Waals surface area contributed by atoms with E-state index >= 15 is 0 Å². The fourth-order valence-electron chi connectivity index (χ4n) is 1.99. The van der Waals surface area contributed by atoms with Crippen molar-refractivity contribution in [2.45, 2.75) is 13.5 Å². The Kier molecular flexibility index (Phi) is 3.92. The molecule has 1 aromatic carbocycles. The predicted octanol–water partition coefficient (Wildman–Crippen LogP) is 2.13. The highest BCUT2D eigenvalue weighted by molar-refractivity contribution is 6.06. The summed E-state index contributed by atoms with van der Waals surface area (Å²) in [5.74, 6) is -0.0635. The number of aromatic nitrogens is 1. The Hall–Kier alpha value is -2.20. The Balaban J connectivity index is 2.33. The first-order valence-corrected chi connectivity index (χ1v) is 6.12. The molecule has 1 amide bonds. The standard InChI is InChI=1S/C15H17N3O/c1-11-9-12(7-8-17-11)15(19)18(2)14-6-4-3-5-13(14)10-16/h3-9H,10,16H2,1-2H3. The molecule has 0 unspecified atom stereocenters. The Morgan fingerprint density at radius 1 is 1.32 bits per heavy atom. The van der Waals surface area contributed by atoms with Crippen LogP contribution in [0.1, 0.15) is 21.6 Å². The largest absolute Gasteiger partial charge is 0.326 e. The van der Waals surface area contributed by atoms with E-state index in [0.29, 0.717) is 12.1 Å². The lowest BCUT2D eigenvalue weighted by Gasteiger charge is -2.20. The second kappa shape index (κ2) is 5.63. The van der Waals surface area contributed by atoms with Gasteiger partial charge in [0, 0.05) is 36.7 Å². The van der Waals surface area contributed by atoms with E-state index in [2.05, 4.69) is 4.98 Å². The average Bonchev–Trinajstić information content (AvgIpc) is 2.45. The van der Waals surface area contributed by atoms with Gasteiger partial charge in [-0.1, -0.05) is 18.2 Å². The lowest BCUT2D eigenvalue weighted by molar-refractivity contribution is 0.0992. The van der Waals surface area contributed by atoms with Crippen LogP contribution in [-0.4, -0.2) is 17.9 Å². The molecule has 0 aliphatic heterocycles. The molecule has 2 rings (SSSR count). The molecule has 1 heterocycles. The van der Waals surface area contributed by atoms with Crippen molar-refractivity contribution < 1.29 is 4.79 Å². The summed E-state index contributed by atoms with van der Waals surface area (Å²) in [4.78, 5) is 18.1. The van der Waals surface area contributed by atoms with E-state index in [4.69, 9.17) is 5.73 Å². The molecule has 0 atom stereocenters. The topological polar surface area (TPSA) is 59.2 Å². The summed E-state index contributed by atoms with van der Waals surface area (Å²) >= 11 is 0. The van der Waals surface area contributed by atoms with Crippen LogP contribution in [0.15, 0.2) is 42.6 Å². The van der Waals surface area contributed by atoms with Crippen molar-refractivity contribution in [2.75, 3.05) is 11.9 Å². The molecule has 0 spiro atoms. The highest BCUT2D eigenvalue weighted by atomic mass is 16.2. The van der Waals surface area contributed by atoms with Crippen molar-refractivity contribution in [3.63, 3.8) is 0 Å². The molecule has 4 heteroatoms. The quantitative estimate of drug-likeness (QED) is 0.914. The molecule has 0 aliphatic rings. The van der Waals surface area contributed by atoms with Crippen LogP contribution >= 0.6 is 0 Å². The normalized spacial score (nSPS) is 10.3. The number of hydrogen-bond donors (Lipinski definition) is 1. The zero-order valence-corrected chi connectivity index (χ0v) is 11.1. The van der Waals surface area contributed by atoms with Crippen molar-refractivity contribution in [2.24, 2.45) is 5.73 Å². The maximum absolute atomic E-state index is 12.4. The zero-order valence-electron chi connectivity index (χ0n) is 11.1. The highest BCUT2D eigenvalue weighted by Gasteiger charge is 2.15. The van der Waals surface area contributed by atoms with Gasteiger partial charge in [-0.15, -0.1) is 0 Å². The van der Waals surface area contributed by atoms with Crippen LogP contribution < -0.4 is 10.6 Å². The number of hydrogen-bond acceptors (Lipinski definition) is 3. The number of para-hydroxylation sites is 1. The number of benzene rings is 1. The summed E-state index contributed by atoms with van der Waals surface area (Å²) in [6.45, 7) is 2.27. The van der Waals surface area contributed by atoms with Crippen LogP contribution in [0.25, 0.3) is 0 Å². The third kappa shape index (κ3) is 2.80. The predicted molar refractivity (Wildman–Crippen MR) is 76.0 cm³/mol. The second-order valence-electron chi connectivity index (χ2n) is 4.38. The van der Waals surface area contributed by atoms with Crippen molar-refractivity contribution >= 4 is 11.6 Å². The molecule has 98 valence electrons. The minimum atomic E-state index is -0.0635. The first-order chi connectivity index (χ1) is 9.13. The van der Waals surface area contributed by atoms with Crippen molar-refractivity contribution in [1.82, 2.24) is 4.98 Å². The van der Waals surface area contributed by atoms with Crippen molar-refractivity contribution in [3.05, 3.63) is 59.4 Å². The molecular formula is C15H17N3O. The van der Waals surface area contributed by atoms with Gasteiger partial charge in [0.1, 0.15) is 0 Å². The minimum absolute atomic E-state index is 0.0635. The highest BCUT2D eigenvalue weighted by Crippen LogP contribution is 2.20. The van der Waals surface area contributed by atoms with Gasteiger partial charge in [-0.3, -0.25) is 9.78 Å². The first kappa shape index (κ1) is 13.2. The van der Waals surface area contributed by atoms with Gasteiger partial charge in [-0.05, 0) is 30.7 Å². The smallest absolute Gasteiger partial charge is 0.258 e. The lowest BCUT2D eigenvalue weighted by Crippen LogP contribution is -2.27. The van der Waals surface area contributed by atoms with Gasteiger partial charge in [-0.2, -0.15) is 0 Å². The van der Waals surface area contributed by atoms with E-state index < -0.39 is 0 Å². The van der Waals surface area contributed by atoms with Crippen LogP contribution in [0.4, 0.5) is 5.69 Å². The van der Waals surface area contributed by atoms with Crippen LogP contribution in [0.2, 0.25) is 0 Å². The van der Waals surface area contributed by atoms with E-state index in [-0.39, 0.29) is 5.91 Å². The fourth-order valence-corrected chi connectivity index (χ4v) is 1.99. The summed E-state index contributed by atoms with van der Waals surface area (Å²) < 4.78 is 0. The third-order valence-corrected chi connectivity index (χ3v) is 3.02. The second-order valence-corrected chi connectivity index (χ2v) is 4.38. The molecule has 1 aromatic heterocycles. The number of anilines is 1. The van der Waals surface area contributed by atoms with E-state index in [1.165, 1.54) is 0 Å². The maximum Gasteiger partial charge on any atom is 0.258 e. The summed E-state index contributed by atoms with van der Waals surface area (Å²) in [7, 11) is 1.76. The lowest BCUT2D eigenvalue weighted by atomic mass is 10.1. The molecular weight excluding hydrogens is 238 g/mol. The molecule has 0 bridgehead atoms. The van der Waals surface area contributed by atoms with Crippen LogP contribution in [0.3, 0.4) is 0 Å². The van der Waals surface area contributed by atoms with Gasteiger partial charge in [0.2, 0.25) is 0 Å². The van der Waals surface area contributed by atoms with Gasteiger partial charge in [0.25, 0.3) is 5.91 Å². The molecule has 0 saturated heterocycles. The molecule has 2 aromatic rings. The molecule has 0 saturated carbocycles. The molecule has 2 N–H and O–H groups in total. The molecule has 0 fully saturated rings. The van der Waals surface area contributed by atoms with E-state index in [1.807, 2.05) is 31.2 Å². The van der Waals surface area contributed by atoms with E-state index in [9.17, 15) is 4.79 Å². The minimum Gasteiger partial charge on any atom is -0.326 e. The van der Waals surface area contributed by atoms with Crippen molar-refractivity contribution in [3.8, 4) is 0 Å². The maximum atomic E-state index is 12.4. The summed E-state index contributed by atoms with van der Waals surface area (Å²) in [5, 5.41) is 0. The van der Waals surface area contributed by atoms with Crippen molar-refractivity contribution in [1.29, 1.82) is 0 Å². The Morgan fingerprint density at radius 2 is 2.05 bits per heavy atom. The molecule has 19 heavy (non-hydrogen) atoms. The number of rotatable bonds is 3. The Morgan fingerprint density at radius 3 is 2.74 bits per heavy atom. The number of carbonyl (C=O) groups excluding carboxylic acids is 1. The number of carbonyl (C=O) groups is 1. The monoisotopic (exact) mass is 255 g/mol. The van der Waals surface area contributed by atoms with E-state index in [1.54, 1.807) is 30.3 Å². The van der Waals surface area contributed by atoms with Gasteiger partial charge < -0.3 is 10.6 Å². The fraction of sp³-hybridized carbons (Fsp3) is 0.200. The number of pyridine rings is 1. The van der Waals surface area contributed by atoms with Gasteiger partial charge in [0.05, 0.1) is 0 Å². The Labute approximate surface area is 112 Å². The number of amides is 1. The van der Waals surface area contributed by atoms with Crippen LogP contribution in [-0.2, 0) is 6.54 Å². The number of nitrogens with two attached hydrogens (primary N) is 1.